The lowest BCUT2D eigenvalue weighted by Gasteiger charge is -2.31. The number of nitrogens with zero attached hydrogens (tertiary/aromatic N) is 2. The maximum absolute atomic E-state index is 13.5. The van der Waals surface area contributed by atoms with Gasteiger partial charge in [-0.15, -0.1) is 0 Å². The predicted octanol–water partition coefficient (Wildman–Crippen LogP) is 4.19. The molecule has 0 aliphatic carbocycles. The Bertz CT molecular complexity index is 1250. The molecule has 2 aromatic rings. The Morgan fingerprint density at radius 1 is 1.10 bits per heavy atom. The maximum atomic E-state index is 13.5. The van der Waals surface area contributed by atoms with Crippen LogP contribution in [0.4, 0.5) is 0 Å². The molecule has 2 aromatic carbocycles. The van der Waals surface area contributed by atoms with Crippen molar-refractivity contribution >= 4 is 17.4 Å². The summed E-state index contributed by atoms with van der Waals surface area (Å²) in [6.07, 6.45) is 1.70. The summed E-state index contributed by atoms with van der Waals surface area (Å²) in [7, 11) is 0. The van der Waals surface area contributed by atoms with Crippen LogP contribution in [0.5, 0.6) is 11.5 Å². The van der Waals surface area contributed by atoms with Gasteiger partial charge in [0.1, 0.15) is 23.4 Å². The molecule has 8 nitrogen and oxygen atoms in total. The van der Waals surface area contributed by atoms with E-state index in [0.29, 0.717) is 50.1 Å². The van der Waals surface area contributed by atoms with Gasteiger partial charge in [-0.25, -0.2) is 0 Å². The van der Waals surface area contributed by atoms with Crippen LogP contribution in [-0.2, 0) is 20.7 Å². The number of likely N-dealkylation sites (tertiary alicyclic amines) is 1. The minimum absolute atomic E-state index is 0.0570. The fourth-order valence-electron chi connectivity index (χ4n) is 5.44. The molecule has 39 heavy (non-hydrogen) atoms. The number of carbonyl (C=O) groups excluding carboxylic acids is 2. The Balaban J connectivity index is 1.50. The number of Topliss-reactive ketones (excluding diaryl/α,β-unsaturated/α-hetero) is 1. The molecule has 0 spiro atoms. The minimum atomic E-state index is -0.719. The highest BCUT2D eigenvalue weighted by atomic mass is 16.5. The first-order chi connectivity index (χ1) is 18.8. The molecule has 0 saturated carbocycles. The third-order valence-electron chi connectivity index (χ3n) is 7.61. The van der Waals surface area contributed by atoms with E-state index in [-0.39, 0.29) is 17.4 Å². The average Bonchev–Trinajstić information content (AvgIpc) is 3.42. The zero-order valence-electron chi connectivity index (χ0n) is 23.0. The van der Waals surface area contributed by atoms with Crippen LogP contribution in [0.1, 0.15) is 49.9 Å². The second kappa shape index (κ2) is 11.8. The molecule has 3 heterocycles. The Kier molecular flexibility index (Phi) is 8.23. The summed E-state index contributed by atoms with van der Waals surface area (Å²) in [6, 6.07) is 12.2. The van der Waals surface area contributed by atoms with E-state index in [9.17, 15) is 14.7 Å². The molecular weight excluding hydrogens is 496 g/mol. The number of amides is 1. The molecule has 0 bridgehead atoms. The van der Waals surface area contributed by atoms with E-state index < -0.39 is 17.7 Å². The molecule has 208 valence electrons. The van der Waals surface area contributed by atoms with Crippen molar-refractivity contribution in [1.82, 2.24) is 9.80 Å². The second-order valence-corrected chi connectivity index (χ2v) is 11.0. The van der Waals surface area contributed by atoms with Crippen LogP contribution in [-0.4, -0.2) is 78.7 Å². The van der Waals surface area contributed by atoms with E-state index in [4.69, 9.17) is 14.2 Å². The zero-order valence-corrected chi connectivity index (χ0v) is 23.0. The van der Waals surface area contributed by atoms with Gasteiger partial charge in [-0.1, -0.05) is 26.0 Å². The topological polar surface area (TPSA) is 88.5 Å². The van der Waals surface area contributed by atoms with E-state index in [2.05, 4.69) is 18.7 Å². The van der Waals surface area contributed by atoms with Crippen LogP contribution in [0.2, 0.25) is 0 Å². The van der Waals surface area contributed by atoms with Crippen molar-refractivity contribution in [1.29, 1.82) is 0 Å². The number of aliphatic hydroxyl groups is 1. The van der Waals surface area contributed by atoms with E-state index in [1.807, 2.05) is 43.3 Å². The number of fused-ring (bicyclic) bond motifs is 1. The Labute approximate surface area is 230 Å². The molecule has 2 unspecified atom stereocenters. The van der Waals surface area contributed by atoms with Crippen LogP contribution in [0.25, 0.3) is 5.76 Å². The summed E-state index contributed by atoms with van der Waals surface area (Å²) in [4.78, 5) is 30.7. The van der Waals surface area contributed by atoms with Crippen molar-refractivity contribution in [3.63, 3.8) is 0 Å². The highest BCUT2D eigenvalue weighted by molar-refractivity contribution is 6.46. The Morgan fingerprint density at radius 2 is 1.90 bits per heavy atom. The lowest BCUT2D eigenvalue weighted by atomic mass is 9.94. The molecule has 1 amide bonds. The molecule has 8 heteroatoms. The summed E-state index contributed by atoms with van der Waals surface area (Å²) in [6.45, 7) is 10.7. The number of hydrogen-bond donors (Lipinski definition) is 1. The first-order valence-corrected chi connectivity index (χ1v) is 13.9. The SMILES string of the molecule is CC(C)CCOc1cccc(C2/C(=C(/O)c3ccc4c(c3)CC(C)O4)C(=O)C(=O)N2CCN2CCOCC2)c1. The van der Waals surface area contributed by atoms with Gasteiger partial charge >= 0.3 is 0 Å². The first-order valence-electron chi connectivity index (χ1n) is 13.9. The van der Waals surface area contributed by atoms with Crippen molar-refractivity contribution < 1.29 is 28.9 Å². The summed E-state index contributed by atoms with van der Waals surface area (Å²) in [5.41, 5.74) is 2.32. The molecule has 5 rings (SSSR count). The third kappa shape index (κ3) is 5.97. The van der Waals surface area contributed by atoms with Gasteiger partial charge in [0.2, 0.25) is 0 Å². The summed E-state index contributed by atoms with van der Waals surface area (Å²) in [5, 5.41) is 11.5. The molecule has 2 fully saturated rings. The van der Waals surface area contributed by atoms with Crippen LogP contribution in [0.15, 0.2) is 48.0 Å². The number of benzene rings is 2. The van der Waals surface area contributed by atoms with Gasteiger partial charge in [0.05, 0.1) is 31.4 Å². The van der Waals surface area contributed by atoms with Crippen LogP contribution >= 0.6 is 0 Å². The number of carbonyl (C=O) groups is 2. The molecule has 0 aromatic heterocycles. The highest BCUT2D eigenvalue weighted by Crippen LogP contribution is 2.41. The van der Waals surface area contributed by atoms with Gasteiger partial charge in [0.25, 0.3) is 11.7 Å². The van der Waals surface area contributed by atoms with E-state index >= 15 is 0 Å². The number of aliphatic hydroxyl groups excluding tert-OH is 1. The van der Waals surface area contributed by atoms with Crippen molar-refractivity contribution in [3.8, 4) is 11.5 Å². The summed E-state index contributed by atoms with van der Waals surface area (Å²) < 4.78 is 17.3. The van der Waals surface area contributed by atoms with Crippen molar-refractivity contribution in [2.24, 2.45) is 5.92 Å². The van der Waals surface area contributed by atoms with Crippen molar-refractivity contribution in [2.75, 3.05) is 46.0 Å². The average molecular weight is 535 g/mol. The van der Waals surface area contributed by atoms with Gasteiger partial charge < -0.3 is 24.2 Å². The molecule has 3 aliphatic heterocycles. The third-order valence-corrected chi connectivity index (χ3v) is 7.61. The predicted molar refractivity (Wildman–Crippen MR) is 148 cm³/mol. The lowest BCUT2D eigenvalue weighted by molar-refractivity contribution is -0.140. The standard InChI is InChI=1S/C31H38N2O6/c1-20(2)9-14-38-25-6-4-5-22(19-25)28-27(29(34)23-7-8-26-24(18-23)17-21(3)39-26)30(35)31(36)33(28)11-10-32-12-15-37-16-13-32/h4-8,18-21,28,34H,9-17H2,1-3H3/b29-27-. The van der Waals surface area contributed by atoms with Gasteiger partial charge in [0.15, 0.2) is 0 Å². The zero-order chi connectivity index (χ0) is 27.5. The largest absolute Gasteiger partial charge is 0.507 e. The molecule has 1 N–H and O–H groups in total. The number of hydrogen-bond acceptors (Lipinski definition) is 7. The van der Waals surface area contributed by atoms with Gasteiger partial charge in [0, 0.05) is 38.2 Å². The van der Waals surface area contributed by atoms with Crippen LogP contribution in [0.3, 0.4) is 0 Å². The molecule has 2 atom stereocenters. The maximum Gasteiger partial charge on any atom is 0.295 e. The Hall–Kier alpha value is -3.36. The van der Waals surface area contributed by atoms with Crippen molar-refractivity contribution in [3.05, 3.63) is 64.7 Å². The van der Waals surface area contributed by atoms with E-state index in [1.165, 1.54) is 0 Å². The first kappa shape index (κ1) is 27.2. The minimum Gasteiger partial charge on any atom is -0.507 e. The summed E-state index contributed by atoms with van der Waals surface area (Å²) in [5.74, 6) is 0.542. The highest BCUT2D eigenvalue weighted by Gasteiger charge is 2.46. The van der Waals surface area contributed by atoms with Crippen LogP contribution in [0, 0.1) is 5.92 Å². The fraction of sp³-hybridized carbons (Fsp3) is 0.484. The van der Waals surface area contributed by atoms with Crippen LogP contribution < -0.4 is 9.47 Å². The van der Waals surface area contributed by atoms with Gasteiger partial charge in [-0.2, -0.15) is 0 Å². The van der Waals surface area contributed by atoms with Gasteiger partial charge in [-0.3, -0.25) is 14.5 Å². The monoisotopic (exact) mass is 534 g/mol. The van der Waals surface area contributed by atoms with E-state index in [1.54, 1.807) is 11.0 Å². The van der Waals surface area contributed by atoms with Crippen molar-refractivity contribution in [2.45, 2.75) is 45.8 Å². The summed E-state index contributed by atoms with van der Waals surface area (Å²) >= 11 is 0. The quantitative estimate of drug-likeness (QED) is 0.293. The lowest BCUT2D eigenvalue weighted by Crippen LogP contribution is -2.42. The number of morpholine rings is 1. The second-order valence-electron chi connectivity index (χ2n) is 11.0. The van der Waals surface area contributed by atoms with Gasteiger partial charge in [-0.05, 0) is 60.7 Å². The number of rotatable bonds is 9. The molecular formula is C31H38N2O6. The Morgan fingerprint density at radius 3 is 2.67 bits per heavy atom. The number of ketones is 1. The smallest absolute Gasteiger partial charge is 0.295 e. The fourth-order valence-corrected chi connectivity index (χ4v) is 5.44. The van der Waals surface area contributed by atoms with E-state index in [0.717, 1.165) is 42.8 Å². The number of ether oxygens (including phenoxy) is 3. The molecule has 3 aliphatic rings. The molecule has 0 radical (unpaired) electrons. The normalized spacial score (nSPS) is 22.8. The molecule has 2 saturated heterocycles.